The highest BCUT2D eigenvalue weighted by Crippen LogP contribution is 2.38. The molecule has 0 spiro atoms. The van der Waals surface area contributed by atoms with Crippen molar-refractivity contribution >= 4 is 17.8 Å². The van der Waals surface area contributed by atoms with Crippen LogP contribution in [0.15, 0.2) is 35.5 Å². The lowest BCUT2D eigenvalue weighted by Gasteiger charge is -2.41. The van der Waals surface area contributed by atoms with Gasteiger partial charge in [0, 0.05) is 18.4 Å². The Morgan fingerprint density at radius 1 is 1.42 bits per heavy atom. The fraction of sp³-hybridized carbons (Fsp3) is 0.375. The largest absolute Gasteiger partial charge is 0.610 e. The van der Waals surface area contributed by atoms with Crippen LogP contribution in [0.1, 0.15) is 25.3 Å². The maximum atomic E-state index is 13.1. The number of amides is 1. The zero-order valence-corrected chi connectivity index (χ0v) is 13.3. The Morgan fingerprint density at radius 3 is 3.00 bits per heavy atom. The van der Waals surface area contributed by atoms with Crippen molar-refractivity contribution in [3.63, 3.8) is 0 Å². The average Bonchev–Trinajstić information content (AvgIpc) is 2.91. The molecule has 3 aliphatic heterocycles. The van der Waals surface area contributed by atoms with Gasteiger partial charge in [0.25, 0.3) is 5.91 Å². The van der Waals surface area contributed by atoms with Crippen molar-refractivity contribution in [3.05, 3.63) is 41.1 Å². The lowest BCUT2D eigenvalue weighted by atomic mass is 10.2. The van der Waals surface area contributed by atoms with Gasteiger partial charge < -0.3 is 15.8 Å². The molecule has 2 fully saturated rings. The van der Waals surface area contributed by atoms with Crippen LogP contribution in [0, 0.1) is 5.21 Å². The molecule has 4 rings (SSSR count). The first kappa shape index (κ1) is 15.1. The first-order valence-corrected chi connectivity index (χ1v) is 7.97. The van der Waals surface area contributed by atoms with E-state index >= 15 is 0 Å². The molecule has 126 valence electrons. The number of nitrogens with one attached hydrogen (secondary N) is 1. The van der Waals surface area contributed by atoms with E-state index in [2.05, 4.69) is 10.6 Å². The van der Waals surface area contributed by atoms with Crippen molar-refractivity contribution in [1.82, 2.24) is 10.3 Å². The van der Waals surface area contributed by atoms with Crippen molar-refractivity contribution in [2.24, 2.45) is 10.9 Å². The number of nitrogens with zero attached hydrogens (tertiary/aromatic N) is 3. The summed E-state index contributed by atoms with van der Waals surface area (Å²) in [6.07, 6.45) is 3.66. The summed E-state index contributed by atoms with van der Waals surface area (Å²) in [5.41, 5.74) is 9.22. The van der Waals surface area contributed by atoms with Gasteiger partial charge in [-0.2, -0.15) is 0 Å². The summed E-state index contributed by atoms with van der Waals surface area (Å²) < 4.78 is -0.659. The number of nitrogens with two attached hydrogens (primary N) is 1. The Kier molecular flexibility index (Phi) is 3.34. The number of para-hydroxylation sites is 1. The van der Waals surface area contributed by atoms with Gasteiger partial charge in [0.2, 0.25) is 6.17 Å². The summed E-state index contributed by atoms with van der Waals surface area (Å²) in [6.45, 7) is 1.87. The minimum absolute atomic E-state index is 0.157. The van der Waals surface area contributed by atoms with Crippen LogP contribution >= 0.6 is 0 Å². The lowest BCUT2D eigenvalue weighted by Crippen LogP contribution is -2.57. The van der Waals surface area contributed by atoms with Crippen molar-refractivity contribution in [1.29, 1.82) is 0 Å². The Labute approximate surface area is 139 Å². The third-order valence-electron chi connectivity index (χ3n) is 4.97. The molecule has 4 atom stereocenters. The molecule has 0 bridgehead atoms. The van der Waals surface area contributed by atoms with Crippen LogP contribution < -0.4 is 16.0 Å². The summed E-state index contributed by atoms with van der Waals surface area (Å²) in [6, 6.07) is 7.32. The van der Waals surface area contributed by atoms with Crippen LogP contribution in [0.3, 0.4) is 0 Å². The van der Waals surface area contributed by atoms with E-state index in [0.717, 1.165) is 12.0 Å². The fourth-order valence-corrected chi connectivity index (χ4v) is 3.64. The van der Waals surface area contributed by atoms with E-state index in [4.69, 9.17) is 10.6 Å². The topological polar surface area (TPSA) is 103 Å². The third kappa shape index (κ3) is 2.11. The van der Waals surface area contributed by atoms with Gasteiger partial charge in [-0.1, -0.05) is 23.4 Å². The number of carbonyl (C=O) groups excluding carboxylic acids is 1. The number of quaternary nitrogens is 1. The molecule has 0 aliphatic carbocycles. The van der Waals surface area contributed by atoms with Crippen LogP contribution in [0.5, 0.6) is 5.75 Å². The van der Waals surface area contributed by atoms with E-state index in [1.165, 1.54) is 0 Å². The molecule has 3 N–H and O–H groups in total. The highest BCUT2D eigenvalue weighted by Gasteiger charge is 2.56. The van der Waals surface area contributed by atoms with Crippen LogP contribution in [0.4, 0.5) is 0 Å². The lowest BCUT2D eigenvalue weighted by molar-refractivity contribution is -0.947. The zero-order chi connectivity index (χ0) is 16.9. The number of hydroxylamine groups is 2. The SMILES string of the molecule is CC1CCC2N(C3=NOc4ccccc4C=C3)C(C(N)=O)N[N+]12[O-]. The first-order valence-electron chi connectivity index (χ1n) is 7.97. The van der Waals surface area contributed by atoms with Gasteiger partial charge in [0.05, 0.1) is 0 Å². The standard InChI is InChI=1S/C16H19N5O3/c1-10-6-9-14-20(16(15(17)22)18-21(10,14)23)13-8-7-11-4-2-3-5-12(11)24-19-13/h2-5,7-8,10,14,16,18H,6,9H2,1H3,(H2,17,22). The second-order valence-electron chi connectivity index (χ2n) is 6.37. The first-order chi connectivity index (χ1) is 11.5. The summed E-state index contributed by atoms with van der Waals surface area (Å²) in [4.78, 5) is 19.0. The Hall–Kier alpha value is -2.42. The van der Waals surface area contributed by atoms with Crippen LogP contribution in [-0.4, -0.2) is 39.8 Å². The van der Waals surface area contributed by atoms with E-state index in [0.29, 0.717) is 18.0 Å². The average molecular weight is 329 g/mol. The molecule has 8 heteroatoms. The number of amidine groups is 1. The number of fused-ring (bicyclic) bond motifs is 2. The predicted octanol–water partition coefficient (Wildman–Crippen LogP) is 0.860. The third-order valence-corrected chi connectivity index (χ3v) is 4.97. The van der Waals surface area contributed by atoms with Crippen molar-refractivity contribution < 1.29 is 14.4 Å². The molecular weight excluding hydrogens is 310 g/mol. The number of hydrogen-bond donors (Lipinski definition) is 2. The zero-order valence-electron chi connectivity index (χ0n) is 13.3. The van der Waals surface area contributed by atoms with Gasteiger partial charge in [-0.25, -0.2) is 0 Å². The maximum absolute atomic E-state index is 13.1. The summed E-state index contributed by atoms with van der Waals surface area (Å²) >= 11 is 0. The summed E-state index contributed by atoms with van der Waals surface area (Å²) in [7, 11) is 0. The minimum atomic E-state index is -0.913. The van der Waals surface area contributed by atoms with Crippen molar-refractivity contribution in [2.45, 2.75) is 38.1 Å². The molecule has 24 heavy (non-hydrogen) atoms. The van der Waals surface area contributed by atoms with Crippen LogP contribution in [0.25, 0.3) is 6.08 Å². The second-order valence-corrected chi connectivity index (χ2v) is 6.37. The van der Waals surface area contributed by atoms with Gasteiger partial charge in [-0.05, 0) is 25.1 Å². The normalized spacial score (nSPS) is 34.2. The highest BCUT2D eigenvalue weighted by atomic mass is 16.6. The Bertz CT molecular complexity index is 749. The maximum Gasteiger partial charge on any atom is 0.260 e. The number of rotatable bonds is 1. The van der Waals surface area contributed by atoms with Gasteiger partial charge in [0.1, 0.15) is 6.04 Å². The fourth-order valence-electron chi connectivity index (χ4n) is 3.64. The molecule has 3 heterocycles. The quantitative estimate of drug-likeness (QED) is 0.587. The van der Waals surface area contributed by atoms with Crippen molar-refractivity contribution in [3.8, 4) is 5.75 Å². The number of hydrogen-bond acceptors (Lipinski definition) is 6. The second kappa shape index (κ2) is 5.30. The molecule has 2 saturated heterocycles. The molecule has 4 unspecified atom stereocenters. The van der Waals surface area contributed by atoms with E-state index in [9.17, 15) is 10.0 Å². The molecule has 1 aromatic carbocycles. The van der Waals surface area contributed by atoms with Gasteiger partial charge in [0.15, 0.2) is 17.8 Å². The molecule has 1 amide bonds. The van der Waals surface area contributed by atoms with E-state index in [1.807, 2.05) is 37.3 Å². The van der Waals surface area contributed by atoms with Gasteiger partial charge in [-0.15, -0.1) is 5.43 Å². The van der Waals surface area contributed by atoms with Crippen LogP contribution in [-0.2, 0) is 4.79 Å². The van der Waals surface area contributed by atoms with Gasteiger partial charge in [-0.3, -0.25) is 14.4 Å². The Balaban J connectivity index is 1.72. The van der Waals surface area contributed by atoms with Crippen molar-refractivity contribution in [2.75, 3.05) is 0 Å². The van der Waals surface area contributed by atoms with E-state index in [-0.39, 0.29) is 6.04 Å². The monoisotopic (exact) mass is 329 g/mol. The number of benzene rings is 1. The molecule has 0 radical (unpaired) electrons. The predicted molar refractivity (Wildman–Crippen MR) is 87.6 cm³/mol. The number of primary amides is 1. The molecule has 0 saturated carbocycles. The minimum Gasteiger partial charge on any atom is -0.610 e. The van der Waals surface area contributed by atoms with E-state index < -0.39 is 23.0 Å². The van der Waals surface area contributed by atoms with E-state index in [1.54, 1.807) is 11.0 Å². The number of carbonyl (C=O) groups is 1. The smallest absolute Gasteiger partial charge is 0.260 e. The van der Waals surface area contributed by atoms with Gasteiger partial charge >= 0.3 is 0 Å². The summed E-state index contributed by atoms with van der Waals surface area (Å²) in [5.74, 6) is 0.425. The molecular formula is C16H19N5O3. The highest BCUT2D eigenvalue weighted by molar-refractivity contribution is 5.99. The molecule has 0 aromatic heterocycles. The molecule has 8 nitrogen and oxygen atoms in total. The molecule has 3 aliphatic rings. The molecule has 1 aromatic rings. The van der Waals surface area contributed by atoms with Crippen LogP contribution in [0.2, 0.25) is 0 Å². The Morgan fingerprint density at radius 2 is 2.21 bits per heavy atom. The number of oxime groups is 1. The summed E-state index contributed by atoms with van der Waals surface area (Å²) in [5, 5.41) is 17.3.